The lowest BCUT2D eigenvalue weighted by atomic mass is 10.0. The lowest BCUT2D eigenvalue weighted by Gasteiger charge is -2.22. The highest BCUT2D eigenvalue weighted by Gasteiger charge is 2.21. The fraction of sp³-hybridized carbons (Fsp3) is 0.357. The largest absolute Gasteiger partial charge is 0.323 e. The van der Waals surface area contributed by atoms with Gasteiger partial charge in [0, 0.05) is 15.5 Å². The zero-order valence-corrected chi connectivity index (χ0v) is 10.9. The molecule has 1 atom stereocenters. The Labute approximate surface area is 110 Å². The average Bonchev–Trinajstić information content (AvgIpc) is 2.83. The number of carbonyl (C=O) groups excluding carboxylic acids is 1. The molecule has 0 aliphatic carbocycles. The molecule has 1 aromatic carbocycles. The second-order valence-corrected chi connectivity index (χ2v) is 5.55. The number of piperidine rings is 1. The van der Waals surface area contributed by atoms with Crippen molar-refractivity contribution in [2.45, 2.75) is 25.3 Å². The van der Waals surface area contributed by atoms with Crippen molar-refractivity contribution >= 4 is 33.0 Å². The third-order valence-electron chi connectivity index (χ3n) is 3.37. The maximum atomic E-state index is 12.1. The van der Waals surface area contributed by atoms with Gasteiger partial charge in [-0.2, -0.15) is 0 Å². The zero-order valence-electron chi connectivity index (χ0n) is 10.1. The maximum Gasteiger partial charge on any atom is 0.241 e. The minimum absolute atomic E-state index is 0.0302. The van der Waals surface area contributed by atoms with E-state index in [9.17, 15) is 4.79 Å². The van der Waals surface area contributed by atoms with E-state index in [0.717, 1.165) is 30.5 Å². The second kappa shape index (κ2) is 5.08. The molecule has 2 aromatic rings. The standard InChI is InChI=1S/C14H16N2OS/c17-14(11-6-3-4-8-15-11)16-12-9-18-13-7-2-1-5-10(12)13/h1-2,5,7,9,11,15H,3-4,6,8H2,(H,16,17). The van der Waals surface area contributed by atoms with Gasteiger partial charge in [0.05, 0.1) is 11.7 Å². The number of fused-ring (bicyclic) bond motifs is 1. The first-order chi connectivity index (χ1) is 8.84. The van der Waals surface area contributed by atoms with Gasteiger partial charge in [0.15, 0.2) is 0 Å². The molecule has 1 aromatic heterocycles. The van der Waals surface area contributed by atoms with Crippen molar-refractivity contribution in [2.24, 2.45) is 0 Å². The quantitative estimate of drug-likeness (QED) is 0.871. The van der Waals surface area contributed by atoms with Crippen LogP contribution in [-0.4, -0.2) is 18.5 Å². The summed E-state index contributed by atoms with van der Waals surface area (Å²) in [6.45, 7) is 0.947. The predicted octanol–water partition coefficient (Wildman–Crippen LogP) is 2.98. The first-order valence-electron chi connectivity index (χ1n) is 6.35. The summed E-state index contributed by atoms with van der Waals surface area (Å²) in [5.74, 6) is 0.0956. The zero-order chi connectivity index (χ0) is 12.4. The van der Waals surface area contributed by atoms with E-state index in [1.165, 1.54) is 11.1 Å². The molecule has 1 unspecified atom stereocenters. The number of thiophene rings is 1. The molecule has 2 heterocycles. The molecule has 1 aliphatic rings. The van der Waals surface area contributed by atoms with E-state index >= 15 is 0 Å². The van der Waals surface area contributed by atoms with E-state index < -0.39 is 0 Å². The summed E-state index contributed by atoms with van der Waals surface area (Å²) in [6.07, 6.45) is 3.24. The molecule has 0 spiro atoms. The molecule has 1 saturated heterocycles. The fourth-order valence-electron chi connectivity index (χ4n) is 2.37. The Kier molecular flexibility index (Phi) is 3.30. The molecule has 4 heteroatoms. The molecule has 94 valence electrons. The van der Waals surface area contributed by atoms with Gasteiger partial charge in [-0.25, -0.2) is 0 Å². The van der Waals surface area contributed by atoms with Crippen LogP contribution in [0, 0.1) is 0 Å². The Hall–Kier alpha value is -1.39. The van der Waals surface area contributed by atoms with Crippen LogP contribution in [-0.2, 0) is 4.79 Å². The Morgan fingerprint density at radius 2 is 2.22 bits per heavy atom. The van der Waals surface area contributed by atoms with E-state index in [0.29, 0.717) is 0 Å². The van der Waals surface area contributed by atoms with Gasteiger partial charge in [-0.05, 0) is 25.5 Å². The highest BCUT2D eigenvalue weighted by atomic mass is 32.1. The summed E-state index contributed by atoms with van der Waals surface area (Å²) >= 11 is 1.67. The van der Waals surface area contributed by atoms with Crippen LogP contribution in [0.25, 0.3) is 10.1 Å². The molecule has 2 N–H and O–H groups in total. The summed E-state index contributed by atoms with van der Waals surface area (Å²) in [7, 11) is 0. The lowest BCUT2D eigenvalue weighted by Crippen LogP contribution is -2.43. The molecule has 3 nitrogen and oxygen atoms in total. The van der Waals surface area contributed by atoms with Crippen LogP contribution in [0.1, 0.15) is 19.3 Å². The van der Waals surface area contributed by atoms with Gasteiger partial charge in [0.25, 0.3) is 0 Å². The molecular weight excluding hydrogens is 244 g/mol. The van der Waals surface area contributed by atoms with Gasteiger partial charge in [0.1, 0.15) is 0 Å². The number of nitrogens with one attached hydrogen (secondary N) is 2. The predicted molar refractivity (Wildman–Crippen MR) is 76.1 cm³/mol. The average molecular weight is 260 g/mol. The number of rotatable bonds is 2. The fourth-order valence-corrected chi connectivity index (χ4v) is 3.26. The van der Waals surface area contributed by atoms with Gasteiger partial charge in [0.2, 0.25) is 5.91 Å². The van der Waals surface area contributed by atoms with Crippen molar-refractivity contribution < 1.29 is 4.79 Å². The second-order valence-electron chi connectivity index (χ2n) is 4.64. The highest BCUT2D eigenvalue weighted by molar-refractivity contribution is 7.17. The molecule has 1 amide bonds. The van der Waals surface area contributed by atoms with Crippen molar-refractivity contribution in [1.29, 1.82) is 0 Å². The van der Waals surface area contributed by atoms with E-state index in [2.05, 4.69) is 22.8 Å². The normalized spacial score (nSPS) is 19.9. The minimum Gasteiger partial charge on any atom is -0.323 e. The van der Waals surface area contributed by atoms with Gasteiger partial charge in [-0.1, -0.05) is 24.6 Å². The summed E-state index contributed by atoms with van der Waals surface area (Å²) in [6, 6.07) is 8.12. The maximum absolute atomic E-state index is 12.1. The Morgan fingerprint density at radius 1 is 1.33 bits per heavy atom. The van der Waals surface area contributed by atoms with Gasteiger partial charge in [-0.3, -0.25) is 4.79 Å². The summed E-state index contributed by atoms with van der Waals surface area (Å²) in [5.41, 5.74) is 0.938. The third kappa shape index (κ3) is 2.26. The summed E-state index contributed by atoms with van der Waals surface area (Å²) in [4.78, 5) is 12.1. The minimum atomic E-state index is -0.0302. The smallest absolute Gasteiger partial charge is 0.241 e. The van der Waals surface area contributed by atoms with Crippen LogP contribution in [0.15, 0.2) is 29.6 Å². The summed E-state index contributed by atoms with van der Waals surface area (Å²) < 4.78 is 1.21. The van der Waals surface area contributed by atoms with Crippen molar-refractivity contribution in [2.75, 3.05) is 11.9 Å². The Balaban J connectivity index is 1.77. The molecular formula is C14H16N2OS. The van der Waals surface area contributed by atoms with Crippen LogP contribution in [0.2, 0.25) is 0 Å². The van der Waals surface area contributed by atoms with Crippen LogP contribution in [0.3, 0.4) is 0 Å². The number of hydrogen-bond acceptors (Lipinski definition) is 3. The topological polar surface area (TPSA) is 41.1 Å². The number of hydrogen-bond donors (Lipinski definition) is 2. The molecule has 1 fully saturated rings. The molecule has 3 rings (SSSR count). The lowest BCUT2D eigenvalue weighted by molar-refractivity contribution is -0.118. The SMILES string of the molecule is O=C(Nc1csc2ccccc12)C1CCCCN1. The van der Waals surface area contributed by atoms with Crippen LogP contribution >= 0.6 is 11.3 Å². The Bertz CT molecular complexity index is 558. The summed E-state index contributed by atoms with van der Waals surface area (Å²) in [5, 5.41) is 9.46. The van der Waals surface area contributed by atoms with E-state index in [-0.39, 0.29) is 11.9 Å². The number of amides is 1. The van der Waals surface area contributed by atoms with Gasteiger partial charge >= 0.3 is 0 Å². The number of anilines is 1. The van der Waals surface area contributed by atoms with E-state index in [4.69, 9.17) is 0 Å². The first kappa shape index (κ1) is 11.7. The highest BCUT2D eigenvalue weighted by Crippen LogP contribution is 2.30. The Morgan fingerprint density at radius 3 is 3.06 bits per heavy atom. The first-order valence-corrected chi connectivity index (χ1v) is 7.23. The molecule has 0 bridgehead atoms. The van der Waals surface area contributed by atoms with Gasteiger partial charge < -0.3 is 10.6 Å². The van der Waals surface area contributed by atoms with Crippen LogP contribution < -0.4 is 10.6 Å². The van der Waals surface area contributed by atoms with Crippen molar-refractivity contribution in [3.05, 3.63) is 29.6 Å². The molecule has 0 radical (unpaired) electrons. The van der Waals surface area contributed by atoms with Gasteiger partial charge in [-0.15, -0.1) is 11.3 Å². The number of benzene rings is 1. The molecule has 18 heavy (non-hydrogen) atoms. The molecule has 0 saturated carbocycles. The van der Waals surface area contributed by atoms with Crippen molar-refractivity contribution in [1.82, 2.24) is 5.32 Å². The van der Waals surface area contributed by atoms with E-state index in [1.54, 1.807) is 11.3 Å². The van der Waals surface area contributed by atoms with Crippen LogP contribution in [0.5, 0.6) is 0 Å². The number of carbonyl (C=O) groups is 1. The third-order valence-corrected chi connectivity index (χ3v) is 4.33. The van der Waals surface area contributed by atoms with Crippen molar-refractivity contribution in [3.63, 3.8) is 0 Å². The van der Waals surface area contributed by atoms with Crippen molar-refractivity contribution in [3.8, 4) is 0 Å². The van der Waals surface area contributed by atoms with E-state index in [1.807, 2.05) is 17.5 Å². The molecule has 1 aliphatic heterocycles. The monoisotopic (exact) mass is 260 g/mol. The van der Waals surface area contributed by atoms with Crippen LogP contribution in [0.4, 0.5) is 5.69 Å².